The second-order valence-electron chi connectivity index (χ2n) is 5.26. The zero-order valence-electron chi connectivity index (χ0n) is 12.6. The number of hydrogen-bond donors (Lipinski definition) is 2. The fourth-order valence-electron chi connectivity index (χ4n) is 2.30. The van der Waals surface area contributed by atoms with Crippen molar-refractivity contribution in [1.29, 1.82) is 0 Å². The molecule has 1 fully saturated rings. The Labute approximate surface area is 128 Å². The van der Waals surface area contributed by atoms with Gasteiger partial charge in [0.15, 0.2) is 0 Å². The maximum absolute atomic E-state index is 14.0. The van der Waals surface area contributed by atoms with E-state index < -0.39 is 29.8 Å². The van der Waals surface area contributed by atoms with Crippen LogP contribution in [-0.2, 0) is 9.53 Å². The van der Waals surface area contributed by atoms with Crippen LogP contribution in [0.15, 0.2) is 36.5 Å². The lowest BCUT2D eigenvalue weighted by atomic mass is 9.88. The molecule has 22 heavy (non-hydrogen) atoms. The number of halogens is 1. The van der Waals surface area contributed by atoms with Crippen molar-refractivity contribution >= 4 is 12.0 Å². The molecule has 0 bridgehead atoms. The number of rotatable bonds is 4. The van der Waals surface area contributed by atoms with E-state index in [1.54, 1.807) is 19.1 Å². The first-order valence-corrected chi connectivity index (χ1v) is 7.15. The molecule has 5 nitrogen and oxygen atoms in total. The number of amides is 2. The summed E-state index contributed by atoms with van der Waals surface area (Å²) in [6.07, 6.45) is 0.397. The van der Waals surface area contributed by atoms with Crippen LogP contribution in [-0.4, -0.2) is 18.1 Å². The average Bonchev–Trinajstić information content (AvgIpc) is 2.46. The first kappa shape index (κ1) is 16.0. The quantitative estimate of drug-likeness (QED) is 0.840. The zero-order valence-corrected chi connectivity index (χ0v) is 12.6. The van der Waals surface area contributed by atoms with Gasteiger partial charge in [0.1, 0.15) is 11.7 Å². The van der Waals surface area contributed by atoms with Gasteiger partial charge < -0.3 is 15.4 Å². The normalized spacial score (nSPS) is 22.5. The standard InChI is InChI=1S/C16H19FN2O3/c1-4-9(2)22-15(20)13-10(3)18-16(21)19-14(13)11-7-5-6-8-12(11)17/h5-9,13-14H,3-4H2,1-2H3,(H2,18,19,21). The van der Waals surface area contributed by atoms with Crippen molar-refractivity contribution in [2.24, 2.45) is 5.92 Å². The highest BCUT2D eigenvalue weighted by Crippen LogP contribution is 2.32. The predicted octanol–water partition coefficient (Wildman–Crippen LogP) is 2.65. The molecule has 3 unspecified atom stereocenters. The predicted molar refractivity (Wildman–Crippen MR) is 79.3 cm³/mol. The molecule has 0 spiro atoms. The van der Waals surface area contributed by atoms with E-state index in [-0.39, 0.29) is 17.4 Å². The fraction of sp³-hybridized carbons (Fsp3) is 0.375. The first-order chi connectivity index (χ1) is 10.4. The number of carbonyl (C=O) groups excluding carboxylic acids is 2. The van der Waals surface area contributed by atoms with Gasteiger partial charge in [-0.1, -0.05) is 31.7 Å². The Kier molecular flexibility index (Phi) is 4.80. The number of benzene rings is 1. The van der Waals surface area contributed by atoms with Crippen LogP contribution < -0.4 is 10.6 Å². The maximum atomic E-state index is 14.0. The summed E-state index contributed by atoms with van der Waals surface area (Å²) in [6, 6.07) is 4.63. The van der Waals surface area contributed by atoms with Gasteiger partial charge in [0.05, 0.1) is 12.1 Å². The molecule has 118 valence electrons. The van der Waals surface area contributed by atoms with E-state index in [9.17, 15) is 14.0 Å². The van der Waals surface area contributed by atoms with Crippen LogP contribution in [0.25, 0.3) is 0 Å². The van der Waals surface area contributed by atoms with Gasteiger partial charge in [0.25, 0.3) is 0 Å². The van der Waals surface area contributed by atoms with Crippen molar-refractivity contribution in [3.8, 4) is 0 Å². The van der Waals surface area contributed by atoms with Crippen LogP contribution in [0.3, 0.4) is 0 Å². The van der Waals surface area contributed by atoms with Gasteiger partial charge >= 0.3 is 12.0 Å². The van der Waals surface area contributed by atoms with Crippen LogP contribution in [0, 0.1) is 11.7 Å². The lowest BCUT2D eigenvalue weighted by Crippen LogP contribution is -2.51. The van der Waals surface area contributed by atoms with Gasteiger partial charge in [-0.05, 0) is 19.4 Å². The molecule has 1 saturated heterocycles. The molecule has 1 aromatic rings. The molecule has 1 aliphatic heterocycles. The Morgan fingerprint density at radius 1 is 1.45 bits per heavy atom. The zero-order chi connectivity index (χ0) is 16.3. The fourth-order valence-corrected chi connectivity index (χ4v) is 2.30. The molecular formula is C16H19FN2O3. The van der Waals surface area contributed by atoms with Crippen LogP contribution in [0.4, 0.5) is 9.18 Å². The van der Waals surface area contributed by atoms with Crippen LogP contribution >= 0.6 is 0 Å². The van der Waals surface area contributed by atoms with Crippen molar-refractivity contribution in [3.63, 3.8) is 0 Å². The molecule has 0 aliphatic carbocycles. The second kappa shape index (κ2) is 6.60. The molecule has 2 N–H and O–H groups in total. The SMILES string of the molecule is C=C1NC(=O)NC(c2ccccc2F)C1C(=O)OC(C)CC. The molecule has 2 rings (SSSR count). The Morgan fingerprint density at radius 2 is 2.14 bits per heavy atom. The third-order valence-electron chi connectivity index (χ3n) is 3.66. The van der Waals surface area contributed by atoms with Gasteiger partial charge in [-0.3, -0.25) is 4.79 Å². The van der Waals surface area contributed by atoms with E-state index in [4.69, 9.17) is 4.74 Å². The minimum Gasteiger partial charge on any atom is -0.462 e. The lowest BCUT2D eigenvalue weighted by Gasteiger charge is -2.33. The van der Waals surface area contributed by atoms with E-state index in [0.717, 1.165) is 0 Å². The third-order valence-corrected chi connectivity index (χ3v) is 3.66. The Bertz CT molecular complexity index is 603. The highest BCUT2D eigenvalue weighted by molar-refractivity contribution is 5.85. The minimum atomic E-state index is -0.886. The number of esters is 1. The molecule has 0 saturated carbocycles. The third kappa shape index (κ3) is 3.27. The van der Waals surface area contributed by atoms with Gasteiger partial charge in [-0.15, -0.1) is 0 Å². The highest BCUT2D eigenvalue weighted by Gasteiger charge is 2.40. The number of urea groups is 1. The lowest BCUT2D eigenvalue weighted by molar-refractivity contribution is -0.153. The van der Waals surface area contributed by atoms with Crippen molar-refractivity contribution in [2.45, 2.75) is 32.4 Å². The summed E-state index contributed by atoms with van der Waals surface area (Å²) in [5.41, 5.74) is 0.426. The molecule has 1 heterocycles. The van der Waals surface area contributed by atoms with Gasteiger partial charge in [-0.25, -0.2) is 9.18 Å². The number of ether oxygens (including phenoxy) is 1. The van der Waals surface area contributed by atoms with Crippen molar-refractivity contribution < 1.29 is 18.7 Å². The minimum absolute atomic E-state index is 0.199. The van der Waals surface area contributed by atoms with Crippen molar-refractivity contribution in [2.75, 3.05) is 0 Å². The molecule has 3 atom stereocenters. The summed E-state index contributed by atoms with van der Waals surface area (Å²) >= 11 is 0. The smallest absolute Gasteiger partial charge is 0.319 e. The Hall–Kier alpha value is -2.37. The monoisotopic (exact) mass is 306 g/mol. The number of hydrogen-bond acceptors (Lipinski definition) is 3. The van der Waals surface area contributed by atoms with Crippen molar-refractivity contribution in [3.05, 3.63) is 47.9 Å². The number of nitrogens with one attached hydrogen (secondary N) is 2. The van der Waals surface area contributed by atoms with E-state index in [1.807, 2.05) is 6.92 Å². The van der Waals surface area contributed by atoms with Gasteiger partial charge in [0, 0.05) is 11.3 Å². The summed E-state index contributed by atoms with van der Waals surface area (Å²) in [5.74, 6) is -1.92. The van der Waals surface area contributed by atoms with Gasteiger partial charge in [-0.2, -0.15) is 0 Å². The van der Waals surface area contributed by atoms with E-state index in [1.165, 1.54) is 12.1 Å². The molecular weight excluding hydrogens is 287 g/mol. The molecule has 2 amide bonds. The van der Waals surface area contributed by atoms with E-state index in [2.05, 4.69) is 17.2 Å². The maximum Gasteiger partial charge on any atom is 0.319 e. The summed E-state index contributed by atoms with van der Waals surface area (Å²) in [4.78, 5) is 24.0. The largest absolute Gasteiger partial charge is 0.462 e. The highest BCUT2D eigenvalue weighted by atomic mass is 19.1. The summed E-state index contributed by atoms with van der Waals surface area (Å²) in [7, 11) is 0. The van der Waals surface area contributed by atoms with E-state index in [0.29, 0.717) is 6.42 Å². The van der Waals surface area contributed by atoms with Crippen molar-refractivity contribution in [1.82, 2.24) is 10.6 Å². The molecule has 1 aromatic carbocycles. The molecule has 6 heteroatoms. The summed E-state index contributed by atoms with van der Waals surface area (Å²) in [5, 5.41) is 5.03. The summed E-state index contributed by atoms with van der Waals surface area (Å²) in [6.45, 7) is 7.37. The topological polar surface area (TPSA) is 67.4 Å². The summed E-state index contributed by atoms with van der Waals surface area (Å²) < 4.78 is 19.4. The first-order valence-electron chi connectivity index (χ1n) is 7.15. The molecule has 1 aliphatic rings. The molecule has 0 aromatic heterocycles. The second-order valence-corrected chi connectivity index (χ2v) is 5.26. The van der Waals surface area contributed by atoms with Crippen LogP contribution in [0.5, 0.6) is 0 Å². The van der Waals surface area contributed by atoms with Crippen LogP contribution in [0.2, 0.25) is 0 Å². The van der Waals surface area contributed by atoms with E-state index >= 15 is 0 Å². The number of carbonyl (C=O) groups is 2. The molecule has 0 radical (unpaired) electrons. The average molecular weight is 306 g/mol. The van der Waals surface area contributed by atoms with Gasteiger partial charge in [0.2, 0.25) is 0 Å². The Balaban J connectivity index is 2.34. The van der Waals surface area contributed by atoms with Crippen LogP contribution in [0.1, 0.15) is 31.9 Å². The Morgan fingerprint density at radius 3 is 2.77 bits per heavy atom.